The van der Waals surface area contributed by atoms with Gasteiger partial charge in [0, 0.05) is 0 Å². The highest BCUT2D eigenvalue weighted by Gasteiger charge is 2.49. The molecule has 1 aliphatic carbocycles. The highest BCUT2D eigenvalue weighted by Crippen LogP contribution is 2.50. The number of hydrogen-bond acceptors (Lipinski definition) is 2. The molecule has 1 aliphatic rings. The molecule has 0 unspecified atom stereocenters. The van der Waals surface area contributed by atoms with Crippen LogP contribution in [0.3, 0.4) is 0 Å². The Morgan fingerprint density at radius 2 is 2.00 bits per heavy atom. The molecule has 1 fully saturated rings. The molecule has 0 spiro atoms. The quantitative estimate of drug-likeness (QED) is 0.839. The number of halogens is 4. The Bertz CT molecular complexity index is 493. The smallest absolute Gasteiger partial charge is 0.404 e. The van der Waals surface area contributed by atoms with Crippen LogP contribution in [0.5, 0.6) is 5.75 Å². The van der Waals surface area contributed by atoms with Gasteiger partial charge in [0.25, 0.3) is 0 Å². The van der Waals surface area contributed by atoms with Crippen molar-refractivity contribution in [2.45, 2.75) is 31.5 Å². The summed E-state index contributed by atoms with van der Waals surface area (Å²) in [5.41, 5.74) is 0.0926. The lowest BCUT2D eigenvalue weighted by molar-refractivity contribution is -0.274. The average molecular weight is 279 g/mol. The zero-order valence-electron chi connectivity index (χ0n) is 9.47. The van der Waals surface area contributed by atoms with Crippen molar-refractivity contribution >= 4 is 17.4 Å². The molecule has 1 aromatic rings. The lowest BCUT2D eigenvalue weighted by atomic mass is 9.92. The van der Waals surface area contributed by atoms with E-state index in [4.69, 9.17) is 11.6 Å². The fourth-order valence-corrected chi connectivity index (χ4v) is 2.19. The summed E-state index contributed by atoms with van der Waals surface area (Å²) in [5, 5.41) is -0.141. The number of hydrogen-bond donors (Lipinski definition) is 0. The van der Waals surface area contributed by atoms with E-state index in [1.54, 1.807) is 0 Å². The molecular weight excluding hydrogens is 269 g/mol. The highest BCUT2D eigenvalue weighted by molar-refractivity contribution is 6.32. The predicted molar refractivity (Wildman–Crippen MR) is 59.7 cm³/mol. The number of carbonyl (C=O) groups is 1. The van der Waals surface area contributed by atoms with Gasteiger partial charge >= 0.3 is 6.36 Å². The largest absolute Gasteiger partial charge is 0.573 e. The Morgan fingerprint density at radius 1 is 1.39 bits per heavy atom. The first-order chi connectivity index (χ1) is 8.24. The summed E-state index contributed by atoms with van der Waals surface area (Å²) < 4.78 is 39.9. The van der Waals surface area contributed by atoms with E-state index in [2.05, 4.69) is 4.74 Å². The van der Waals surface area contributed by atoms with Gasteiger partial charge in [-0.2, -0.15) is 0 Å². The van der Waals surface area contributed by atoms with Crippen LogP contribution < -0.4 is 4.74 Å². The zero-order valence-corrected chi connectivity index (χ0v) is 10.2. The van der Waals surface area contributed by atoms with Crippen LogP contribution in [0, 0.1) is 0 Å². The maximum atomic E-state index is 12.1. The van der Waals surface area contributed by atoms with Crippen LogP contribution in [0.25, 0.3) is 0 Å². The second-order valence-electron chi connectivity index (χ2n) is 4.33. The lowest BCUT2D eigenvalue weighted by Gasteiger charge is -2.15. The van der Waals surface area contributed by atoms with Crippen LogP contribution in [0.2, 0.25) is 5.02 Å². The fourth-order valence-electron chi connectivity index (χ4n) is 1.97. The highest BCUT2D eigenvalue weighted by atomic mass is 35.5. The maximum absolute atomic E-state index is 12.1. The minimum absolute atomic E-state index is 0.00283. The van der Waals surface area contributed by atoms with Crippen molar-refractivity contribution in [3.63, 3.8) is 0 Å². The Hall–Kier alpha value is -1.23. The molecule has 1 saturated carbocycles. The number of alkyl halides is 3. The van der Waals surface area contributed by atoms with Gasteiger partial charge in [-0.15, -0.1) is 13.2 Å². The first-order valence-corrected chi connectivity index (χ1v) is 5.69. The number of benzene rings is 1. The van der Waals surface area contributed by atoms with E-state index in [1.807, 2.05) is 0 Å². The predicted octanol–water partition coefficient (Wildman–Crippen LogP) is 3.86. The molecule has 98 valence electrons. The first kappa shape index (κ1) is 13.2. The second-order valence-corrected chi connectivity index (χ2v) is 4.74. The lowest BCUT2D eigenvalue weighted by Crippen LogP contribution is -2.19. The van der Waals surface area contributed by atoms with Crippen LogP contribution in [0.1, 0.15) is 25.3 Å². The number of ether oxygens (including phenoxy) is 1. The molecule has 0 heterocycles. The Morgan fingerprint density at radius 3 is 2.39 bits per heavy atom. The van der Waals surface area contributed by atoms with Crippen molar-refractivity contribution in [2.75, 3.05) is 0 Å². The standard InChI is InChI=1S/C12H10ClF3O2/c1-7(17)11(4-5-11)8-2-3-10(9(13)6-8)18-12(14,15)16/h2-3,6H,4-5H2,1H3. The van der Waals surface area contributed by atoms with E-state index in [9.17, 15) is 18.0 Å². The Balaban J connectivity index is 2.29. The molecule has 2 nitrogen and oxygen atoms in total. The Labute approximate surface area is 107 Å². The number of ketones is 1. The van der Waals surface area contributed by atoms with Gasteiger partial charge in [0.05, 0.1) is 10.4 Å². The van der Waals surface area contributed by atoms with E-state index in [0.29, 0.717) is 18.4 Å². The number of carbonyl (C=O) groups excluding carboxylic acids is 1. The molecule has 0 bridgehead atoms. The van der Waals surface area contributed by atoms with Crippen LogP contribution in [0.4, 0.5) is 13.2 Å². The molecule has 6 heteroatoms. The SMILES string of the molecule is CC(=O)C1(c2ccc(OC(F)(F)F)c(Cl)c2)CC1. The van der Waals surface area contributed by atoms with Gasteiger partial charge in [-0.05, 0) is 37.5 Å². The number of rotatable bonds is 3. The van der Waals surface area contributed by atoms with E-state index in [-0.39, 0.29) is 10.8 Å². The van der Waals surface area contributed by atoms with Crippen molar-refractivity contribution in [3.8, 4) is 5.75 Å². The van der Waals surface area contributed by atoms with Gasteiger partial charge in [-0.1, -0.05) is 17.7 Å². The summed E-state index contributed by atoms with van der Waals surface area (Å²) in [7, 11) is 0. The monoisotopic (exact) mass is 278 g/mol. The third-order valence-corrected chi connectivity index (χ3v) is 3.43. The van der Waals surface area contributed by atoms with Gasteiger partial charge in [0.1, 0.15) is 11.5 Å². The Kier molecular flexibility index (Phi) is 3.05. The van der Waals surface area contributed by atoms with Crippen LogP contribution in [-0.4, -0.2) is 12.1 Å². The molecule has 0 radical (unpaired) electrons. The summed E-state index contributed by atoms with van der Waals surface area (Å²) >= 11 is 5.74. The summed E-state index contributed by atoms with van der Waals surface area (Å²) in [6.45, 7) is 1.47. The minimum Gasteiger partial charge on any atom is -0.404 e. The van der Waals surface area contributed by atoms with Crippen molar-refractivity contribution in [1.82, 2.24) is 0 Å². The molecule has 0 aliphatic heterocycles. The fraction of sp³-hybridized carbons (Fsp3) is 0.417. The molecule has 0 saturated heterocycles. The summed E-state index contributed by atoms with van der Waals surface area (Å²) in [6.07, 6.45) is -3.36. The van der Waals surface area contributed by atoms with Crippen LogP contribution in [-0.2, 0) is 10.2 Å². The third kappa shape index (κ3) is 2.46. The van der Waals surface area contributed by atoms with Gasteiger partial charge in [-0.3, -0.25) is 4.79 Å². The van der Waals surface area contributed by atoms with Gasteiger partial charge < -0.3 is 4.74 Å². The molecular formula is C12H10ClF3O2. The second kappa shape index (κ2) is 4.16. The first-order valence-electron chi connectivity index (χ1n) is 5.31. The average Bonchev–Trinajstić information content (AvgIpc) is 3.00. The van der Waals surface area contributed by atoms with Gasteiger partial charge in [0.2, 0.25) is 0 Å². The van der Waals surface area contributed by atoms with Gasteiger partial charge in [0.15, 0.2) is 0 Å². The zero-order chi connectivity index (χ0) is 13.6. The summed E-state index contributed by atoms with van der Waals surface area (Å²) in [6, 6.07) is 3.98. The van der Waals surface area contributed by atoms with E-state index >= 15 is 0 Å². The van der Waals surface area contributed by atoms with Crippen molar-refractivity contribution in [3.05, 3.63) is 28.8 Å². The van der Waals surface area contributed by atoms with Crippen molar-refractivity contribution in [2.24, 2.45) is 0 Å². The summed E-state index contributed by atoms with van der Waals surface area (Å²) in [4.78, 5) is 11.5. The van der Waals surface area contributed by atoms with Crippen molar-refractivity contribution in [1.29, 1.82) is 0 Å². The van der Waals surface area contributed by atoms with E-state index in [0.717, 1.165) is 6.07 Å². The molecule has 1 aromatic carbocycles. The molecule has 0 atom stereocenters. The van der Waals surface area contributed by atoms with E-state index < -0.39 is 17.5 Å². The molecule has 18 heavy (non-hydrogen) atoms. The topological polar surface area (TPSA) is 26.3 Å². The third-order valence-electron chi connectivity index (χ3n) is 3.13. The normalized spacial score (nSPS) is 17.4. The number of Topliss-reactive ketones (excluding diaryl/α,β-unsaturated/α-hetero) is 1. The summed E-state index contributed by atoms with van der Waals surface area (Å²) in [5.74, 6) is -0.449. The van der Waals surface area contributed by atoms with Crippen molar-refractivity contribution < 1.29 is 22.7 Å². The molecule has 2 rings (SSSR count). The maximum Gasteiger partial charge on any atom is 0.573 e. The van der Waals surface area contributed by atoms with Crippen LogP contribution >= 0.6 is 11.6 Å². The van der Waals surface area contributed by atoms with Crippen LogP contribution in [0.15, 0.2) is 18.2 Å². The molecule has 0 aromatic heterocycles. The molecule has 0 N–H and O–H groups in total. The van der Waals surface area contributed by atoms with E-state index in [1.165, 1.54) is 19.1 Å². The molecule has 0 amide bonds. The minimum atomic E-state index is -4.77. The van der Waals surface area contributed by atoms with Gasteiger partial charge in [-0.25, -0.2) is 0 Å².